The Morgan fingerprint density at radius 3 is 1.00 bits per heavy atom. The Kier molecular flexibility index (Phi) is 33.9. The van der Waals surface area contributed by atoms with Crippen molar-refractivity contribution < 1.29 is 9.90 Å². The van der Waals surface area contributed by atoms with Crippen molar-refractivity contribution in [1.29, 1.82) is 0 Å². The topological polar surface area (TPSA) is 37.3 Å². The van der Waals surface area contributed by atoms with Crippen molar-refractivity contribution in [1.82, 2.24) is 0 Å². The predicted octanol–water partition coefficient (Wildman–Crippen LogP) is 10.7. The smallest absolute Gasteiger partial charge is 0.303 e. The third-order valence-electron chi connectivity index (χ3n) is 5.98. The van der Waals surface area contributed by atoms with Crippen LogP contribution in [0.4, 0.5) is 0 Å². The van der Waals surface area contributed by atoms with Crippen LogP contribution in [0.15, 0.2) is 0 Å². The van der Waals surface area contributed by atoms with Gasteiger partial charge in [0.25, 0.3) is 0 Å². The third kappa shape index (κ3) is 37.4. The van der Waals surface area contributed by atoms with Crippen LogP contribution in [0.2, 0.25) is 0 Å². The van der Waals surface area contributed by atoms with Crippen molar-refractivity contribution in [2.75, 3.05) is 5.88 Å². The predicted molar refractivity (Wildman–Crippen MR) is 141 cm³/mol. The number of carbonyl (C=O) groups is 1. The fourth-order valence-corrected chi connectivity index (χ4v) is 4.06. The molecular formula is C28H57ClO2. The van der Waals surface area contributed by atoms with Crippen LogP contribution in [-0.4, -0.2) is 17.0 Å². The molecule has 0 amide bonds. The summed E-state index contributed by atoms with van der Waals surface area (Å²) in [4.78, 5) is 10.3. The highest BCUT2D eigenvalue weighted by Gasteiger charge is 1.96. The van der Waals surface area contributed by atoms with Crippen LogP contribution in [0.5, 0.6) is 0 Å². The molecule has 0 heterocycles. The summed E-state index contributed by atoms with van der Waals surface area (Å²) in [6.07, 6.45) is 31.2. The lowest BCUT2D eigenvalue weighted by Crippen LogP contribution is -1.93. The first-order valence-electron chi connectivity index (χ1n) is 14.0. The highest BCUT2D eigenvalue weighted by molar-refractivity contribution is 6.17. The molecule has 0 bridgehead atoms. The van der Waals surface area contributed by atoms with Gasteiger partial charge in [0.15, 0.2) is 0 Å². The molecule has 3 heteroatoms. The molecule has 0 saturated heterocycles. The molecule has 0 aliphatic heterocycles. The Morgan fingerprint density at radius 2 is 0.742 bits per heavy atom. The van der Waals surface area contributed by atoms with Gasteiger partial charge in [-0.15, -0.1) is 11.6 Å². The van der Waals surface area contributed by atoms with Crippen LogP contribution in [0.25, 0.3) is 0 Å². The fourth-order valence-electron chi connectivity index (χ4n) is 3.88. The third-order valence-corrected chi connectivity index (χ3v) is 6.25. The van der Waals surface area contributed by atoms with Gasteiger partial charge in [0.1, 0.15) is 0 Å². The van der Waals surface area contributed by atoms with Gasteiger partial charge < -0.3 is 5.11 Å². The van der Waals surface area contributed by atoms with Gasteiger partial charge in [-0.2, -0.15) is 0 Å². The number of carboxylic acid groups (broad SMARTS) is 1. The second-order valence-electron chi connectivity index (χ2n) is 9.26. The van der Waals surface area contributed by atoms with E-state index in [4.69, 9.17) is 16.7 Å². The molecule has 0 aliphatic carbocycles. The molecule has 0 aliphatic rings. The lowest BCUT2D eigenvalue weighted by atomic mass is 10.1. The van der Waals surface area contributed by atoms with Crippen LogP contribution >= 0.6 is 11.6 Å². The zero-order valence-corrected chi connectivity index (χ0v) is 22.2. The summed E-state index contributed by atoms with van der Waals surface area (Å²) in [5, 5.41) is 8.46. The van der Waals surface area contributed by atoms with Crippen molar-refractivity contribution >= 4 is 17.6 Å². The number of rotatable bonds is 24. The van der Waals surface area contributed by atoms with Crippen molar-refractivity contribution in [2.24, 2.45) is 0 Å². The Hall–Kier alpha value is -0.240. The van der Waals surface area contributed by atoms with E-state index < -0.39 is 5.97 Å². The fraction of sp³-hybridized carbons (Fsp3) is 0.964. The number of hydrogen-bond donors (Lipinski definition) is 1. The van der Waals surface area contributed by atoms with Gasteiger partial charge in [0.05, 0.1) is 0 Å². The molecule has 0 fully saturated rings. The first-order chi connectivity index (χ1) is 15.2. The number of unbranched alkanes of at least 4 members (excludes halogenated alkanes) is 21. The van der Waals surface area contributed by atoms with Gasteiger partial charge in [0.2, 0.25) is 0 Å². The summed E-state index contributed by atoms with van der Waals surface area (Å²) in [7, 11) is 0. The zero-order chi connectivity index (χ0) is 23.3. The Labute approximate surface area is 201 Å². The minimum Gasteiger partial charge on any atom is -0.481 e. The molecule has 0 spiro atoms. The minimum atomic E-state index is -0.657. The highest BCUT2D eigenvalue weighted by Crippen LogP contribution is 2.13. The summed E-state index contributed by atoms with van der Waals surface area (Å²) < 4.78 is 0. The average Bonchev–Trinajstić information content (AvgIpc) is 2.76. The van der Waals surface area contributed by atoms with Crippen molar-refractivity contribution in [2.45, 2.75) is 168 Å². The molecule has 188 valence electrons. The molecule has 31 heavy (non-hydrogen) atoms. The Bertz CT molecular complexity index is 308. The van der Waals surface area contributed by atoms with E-state index >= 15 is 0 Å². The number of aliphatic carboxylic acids is 1. The molecule has 2 nitrogen and oxygen atoms in total. The quantitative estimate of drug-likeness (QED) is 0.115. The maximum absolute atomic E-state index is 10.3. The molecule has 0 unspecified atom stereocenters. The minimum absolute atomic E-state index is 0.344. The molecule has 0 radical (unpaired) electrons. The second-order valence-corrected chi connectivity index (χ2v) is 9.64. The van der Waals surface area contributed by atoms with Gasteiger partial charge in [-0.05, 0) is 12.8 Å². The highest BCUT2D eigenvalue weighted by atomic mass is 35.5. The van der Waals surface area contributed by atoms with E-state index in [1.165, 1.54) is 135 Å². The van der Waals surface area contributed by atoms with Crippen LogP contribution in [0.3, 0.4) is 0 Å². The summed E-state index contributed by atoms with van der Waals surface area (Å²) in [6, 6.07) is 0. The molecule has 0 aromatic carbocycles. The van der Waals surface area contributed by atoms with E-state index in [9.17, 15) is 4.79 Å². The summed E-state index contributed by atoms with van der Waals surface area (Å²) in [6.45, 7) is 4.53. The number of hydrogen-bond acceptors (Lipinski definition) is 1. The van der Waals surface area contributed by atoms with E-state index in [1.54, 1.807) is 0 Å². The van der Waals surface area contributed by atoms with Crippen LogP contribution < -0.4 is 0 Å². The maximum Gasteiger partial charge on any atom is 0.303 e. The number of alkyl halides is 1. The summed E-state index contributed by atoms with van der Waals surface area (Å²) in [5.41, 5.74) is 0. The van der Waals surface area contributed by atoms with Crippen LogP contribution in [-0.2, 0) is 4.79 Å². The monoisotopic (exact) mass is 460 g/mol. The van der Waals surface area contributed by atoms with Crippen molar-refractivity contribution in [3.63, 3.8) is 0 Å². The zero-order valence-electron chi connectivity index (χ0n) is 21.4. The lowest BCUT2D eigenvalue weighted by Gasteiger charge is -2.01. The van der Waals surface area contributed by atoms with E-state index in [1.807, 2.05) is 0 Å². The second kappa shape index (κ2) is 31.9. The van der Waals surface area contributed by atoms with Crippen LogP contribution in [0, 0.1) is 0 Å². The number of halogens is 1. The van der Waals surface area contributed by atoms with Crippen molar-refractivity contribution in [3.05, 3.63) is 0 Å². The lowest BCUT2D eigenvalue weighted by molar-refractivity contribution is -0.137. The van der Waals surface area contributed by atoms with Gasteiger partial charge in [-0.3, -0.25) is 4.79 Å². The SMILES string of the molecule is CCCCCCCCCCCCCC(=O)O.CCCCCCCCCCCCCCCl. The maximum atomic E-state index is 10.3. The number of carboxylic acids is 1. The normalized spacial score (nSPS) is 10.7. The largest absolute Gasteiger partial charge is 0.481 e. The Balaban J connectivity index is 0. The van der Waals surface area contributed by atoms with E-state index in [-0.39, 0.29) is 0 Å². The van der Waals surface area contributed by atoms with Gasteiger partial charge >= 0.3 is 5.97 Å². The van der Waals surface area contributed by atoms with Gasteiger partial charge in [-0.25, -0.2) is 0 Å². The molecule has 1 N–H and O–H groups in total. The molecule has 0 atom stereocenters. The average molecular weight is 461 g/mol. The molecular weight excluding hydrogens is 404 g/mol. The van der Waals surface area contributed by atoms with Gasteiger partial charge in [0, 0.05) is 12.3 Å². The van der Waals surface area contributed by atoms with Crippen molar-refractivity contribution in [3.8, 4) is 0 Å². The summed E-state index contributed by atoms with van der Waals surface area (Å²) in [5.74, 6) is 0.188. The van der Waals surface area contributed by atoms with Crippen LogP contribution in [0.1, 0.15) is 168 Å². The standard InChI is InChI=1S/C14H29Cl.C14H28O2/c1-2-3-4-5-6-7-8-9-10-11-12-13-14-15;1-2-3-4-5-6-7-8-9-10-11-12-13-14(15)16/h2-14H2,1H3;2-13H2,1H3,(H,15,16). The van der Waals surface area contributed by atoms with E-state index in [2.05, 4.69) is 13.8 Å². The van der Waals surface area contributed by atoms with E-state index in [0.717, 1.165) is 18.7 Å². The summed E-state index contributed by atoms with van der Waals surface area (Å²) >= 11 is 5.62. The first kappa shape index (κ1) is 32.9. The van der Waals surface area contributed by atoms with E-state index in [0.29, 0.717) is 6.42 Å². The molecule has 0 saturated carbocycles. The Morgan fingerprint density at radius 1 is 0.484 bits per heavy atom. The van der Waals surface area contributed by atoms with Gasteiger partial charge in [-0.1, -0.05) is 149 Å². The molecule has 0 aromatic rings. The molecule has 0 rings (SSSR count). The molecule has 0 aromatic heterocycles. The first-order valence-corrected chi connectivity index (χ1v) is 14.5.